The third-order valence-corrected chi connectivity index (χ3v) is 3.57. The van der Waals surface area contributed by atoms with Gasteiger partial charge in [0, 0.05) is 5.56 Å². The molecule has 106 valence electrons. The Morgan fingerprint density at radius 3 is 2.70 bits per heavy atom. The predicted molar refractivity (Wildman–Crippen MR) is 77.1 cm³/mol. The molecule has 2 aromatic rings. The summed E-state index contributed by atoms with van der Waals surface area (Å²) in [6.45, 7) is 1.57. The van der Waals surface area contributed by atoms with Crippen LogP contribution in [0.25, 0.3) is 0 Å². The summed E-state index contributed by atoms with van der Waals surface area (Å²) in [6, 6.07) is 7.89. The van der Waals surface area contributed by atoms with Gasteiger partial charge in [-0.25, -0.2) is 0 Å². The maximum Gasteiger partial charge on any atom is 0.251 e. The van der Waals surface area contributed by atoms with E-state index in [-0.39, 0.29) is 12.5 Å². The third kappa shape index (κ3) is 3.33. The van der Waals surface area contributed by atoms with Crippen LogP contribution in [0.15, 0.2) is 41.0 Å². The molecule has 0 aliphatic heterocycles. The van der Waals surface area contributed by atoms with E-state index < -0.39 is 5.60 Å². The van der Waals surface area contributed by atoms with Gasteiger partial charge in [0.15, 0.2) is 0 Å². The summed E-state index contributed by atoms with van der Waals surface area (Å²) in [4.78, 5) is 12.0. The molecular weight excluding hydrogens is 301 g/mol. The molecule has 0 unspecified atom stereocenters. The lowest BCUT2D eigenvalue weighted by Gasteiger charge is -2.21. The highest BCUT2D eigenvalue weighted by Gasteiger charge is 2.27. The molecule has 0 fully saturated rings. The number of benzene rings is 1. The molecule has 2 N–H and O–H groups in total. The van der Waals surface area contributed by atoms with Crippen molar-refractivity contribution < 1.29 is 14.3 Å². The van der Waals surface area contributed by atoms with Crippen molar-refractivity contribution in [2.75, 3.05) is 6.54 Å². The number of hydrogen-bond donors (Lipinski definition) is 2. The summed E-state index contributed by atoms with van der Waals surface area (Å²) in [5.74, 6) is 0.0299. The van der Waals surface area contributed by atoms with Crippen molar-refractivity contribution in [3.05, 3.63) is 58.0 Å². The smallest absolute Gasteiger partial charge is 0.251 e. The van der Waals surface area contributed by atoms with Gasteiger partial charge in [0.05, 0.1) is 22.9 Å². The first-order chi connectivity index (χ1) is 9.40. The summed E-state index contributed by atoms with van der Waals surface area (Å²) in [7, 11) is 0. The van der Waals surface area contributed by atoms with Crippen LogP contribution in [-0.2, 0) is 5.60 Å². The first-order valence-corrected chi connectivity index (χ1v) is 6.65. The SMILES string of the molecule is C[C@@](O)(CNC(=O)c1ccc(Cl)c(Cl)c1)c1ccco1. The molecule has 0 radical (unpaired) electrons. The minimum Gasteiger partial charge on any atom is -0.466 e. The second-order valence-corrected chi connectivity index (χ2v) is 5.38. The Bertz CT molecular complexity index is 609. The van der Waals surface area contributed by atoms with Gasteiger partial charge in [-0.05, 0) is 37.3 Å². The zero-order valence-corrected chi connectivity index (χ0v) is 12.2. The summed E-state index contributed by atoms with van der Waals surface area (Å²) in [5.41, 5.74) is -0.912. The molecule has 2 rings (SSSR count). The number of halogens is 2. The van der Waals surface area contributed by atoms with Crippen molar-refractivity contribution in [3.63, 3.8) is 0 Å². The highest BCUT2D eigenvalue weighted by molar-refractivity contribution is 6.42. The average Bonchev–Trinajstić information content (AvgIpc) is 2.94. The van der Waals surface area contributed by atoms with Crippen LogP contribution in [-0.4, -0.2) is 17.6 Å². The molecule has 4 nitrogen and oxygen atoms in total. The van der Waals surface area contributed by atoms with Crippen LogP contribution >= 0.6 is 23.2 Å². The number of nitrogens with one attached hydrogen (secondary N) is 1. The molecule has 0 bridgehead atoms. The zero-order valence-electron chi connectivity index (χ0n) is 10.7. The normalized spacial score (nSPS) is 13.8. The van der Waals surface area contributed by atoms with Crippen LogP contribution in [0.2, 0.25) is 10.0 Å². The topological polar surface area (TPSA) is 62.5 Å². The van der Waals surface area contributed by atoms with Gasteiger partial charge in [-0.3, -0.25) is 4.79 Å². The number of carbonyl (C=O) groups excluding carboxylic acids is 1. The molecule has 1 heterocycles. The fourth-order valence-corrected chi connectivity index (χ4v) is 1.96. The molecule has 20 heavy (non-hydrogen) atoms. The van der Waals surface area contributed by atoms with Crippen molar-refractivity contribution in [2.45, 2.75) is 12.5 Å². The molecule has 0 aliphatic carbocycles. The van der Waals surface area contributed by atoms with Crippen molar-refractivity contribution in [2.24, 2.45) is 0 Å². The minimum atomic E-state index is -1.28. The van der Waals surface area contributed by atoms with E-state index in [1.165, 1.54) is 12.3 Å². The third-order valence-electron chi connectivity index (χ3n) is 2.83. The Labute approximate surface area is 126 Å². The van der Waals surface area contributed by atoms with E-state index in [1.807, 2.05) is 0 Å². The highest BCUT2D eigenvalue weighted by Crippen LogP contribution is 2.23. The second kappa shape index (κ2) is 5.87. The van der Waals surface area contributed by atoms with Gasteiger partial charge in [0.1, 0.15) is 11.4 Å². The highest BCUT2D eigenvalue weighted by atomic mass is 35.5. The van der Waals surface area contributed by atoms with Crippen molar-refractivity contribution >= 4 is 29.1 Å². The van der Waals surface area contributed by atoms with E-state index in [4.69, 9.17) is 27.6 Å². The molecular formula is C14H13Cl2NO3. The van der Waals surface area contributed by atoms with E-state index in [2.05, 4.69) is 5.32 Å². The quantitative estimate of drug-likeness (QED) is 0.911. The largest absolute Gasteiger partial charge is 0.466 e. The van der Waals surface area contributed by atoms with Crippen molar-refractivity contribution in [3.8, 4) is 0 Å². The Morgan fingerprint density at radius 2 is 2.10 bits per heavy atom. The van der Waals surface area contributed by atoms with E-state index in [1.54, 1.807) is 31.2 Å². The molecule has 1 atom stereocenters. The summed E-state index contributed by atoms with van der Waals surface area (Å²) in [6.07, 6.45) is 1.46. The van der Waals surface area contributed by atoms with Crippen LogP contribution in [0, 0.1) is 0 Å². The number of hydrogen-bond acceptors (Lipinski definition) is 3. The van der Waals surface area contributed by atoms with E-state index in [0.29, 0.717) is 21.4 Å². The van der Waals surface area contributed by atoms with Crippen LogP contribution in [0.4, 0.5) is 0 Å². The molecule has 0 spiro atoms. The fraction of sp³-hybridized carbons (Fsp3) is 0.214. The van der Waals surface area contributed by atoms with E-state index in [9.17, 15) is 9.90 Å². The monoisotopic (exact) mass is 313 g/mol. The van der Waals surface area contributed by atoms with Crippen LogP contribution in [0.5, 0.6) is 0 Å². The molecule has 6 heteroatoms. The summed E-state index contributed by atoms with van der Waals surface area (Å²) < 4.78 is 5.13. The molecule has 0 aliphatic rings. The first-order valence-electron chi connectivity index (χ1n) is 5.90. The number of amides is 1. The number of carbonyl (C=O) groups is 1. The Balaban J connectivity index is 2.03. The maximum absolute atomic E-state index is 12.0. The molecule has 1 aromatic heterocycles. The number of rotatable bonds is 4. The van der Waals surface area contributed by atoms with Crippen molar-refractivity contribution in [1.29, 1.82) is 0 Å². The van der Waals surface area contributed by atoms with Gasteiger partial charge >= 0.3 is 0 Å². The fourth-order valence-electron chi connectivity index (χ4n) is 1.66. The van der Waals surface area contributed by atoms with Gasteiger partial charge in [-0.15, -0.1) is 0 Å². The lowest BCUT2D eigenvalue weighted by Crippen LogP contribution is -2.38. The van der Waals surface area contributed by atoms with Crippen molar-refractivity contribution in [1.82, 2.24) is 5.32 Å². The Morgan fingerprint density at radius 1 is 1.35 bits per heavy atom. The van der Waals surface area contributed by atoms with Crippen LogP contribution < -0.4 is 5.32 Å². The van der Waals surface area contributed by atoms with Crippen LogP contribution in [0.3, 0.4) is 0 Å². The van der Waals surface area contributed by atoms with Gasteiger partial charge in [-0.1, -0.05) is 23.2 Å². The maximum atomic E-state index is 12.0. The standard InChI is InChI=1S/C14H13Cl2NO3/c1-14(19,12-3-2-6-20-12)8-17-13(18)9-4-5-10(15)11(16)7-9/h2-7,19H,8H2,1H3,(H,17,18)/t14-/m1/s1. The lowest BCUT2D eigenvalue weighted by molar-refractivity contribution is 0.0330. The molecule has 0 saturated carbocycles. The summed E-state index contributed by atoms with van der Waals surface area (Å²) >= 11 is 11.6. The molecule has 1 amide bonds. The molecule has 0 saturated heterocycles. The van der Waals surface area contributed by atoms with Gasteiger partial charge in [0.2, 0.25) is 0 Å². The first kappa shape index (κ1) is 14.9. The van der Waals surface area contributed by atoms with E-state index in [0.717, 1.165) is 0 Å². The zero-order chi connectivity index (χ0) is 14.8. The van der Waals surface area contributed by atoms with Crippen LogP contribution in [0.1, 0.15) is 23.0 Å². The predicted octanol–water partition coefficient (Wildman–Crippen LogP) is 3.22. The van der Waals surface area contributed by atoms with Gasteiger partial charge < -0.3 is 14.8 Å². The number of furan rings is 1. The lowest BCUT2D eigenvalue weighted by atomic mass is 10.0. The second-order valence-electron chi connectivity index (χ2n) is 4.56. The van der Waals surface area contributed by atoms with Gasteiger partial charge in [-0.2, -0.15) is 0 Å². The van der Waals surface area contributed by atoms with E-state index >= 15 is 0 Å². The minimum absolute atomic E-state index is 0.0135. The Kier molecular flexibility index (Phi) is 4.38. The average molecular weight is 314 g/mol. The molecule has 1 aromatic carbocycles. The van der Waals surface area contributed by atoms with Gasteiger partial charge in [0.25, 0.3) is 5.91 Å². The Hall–Kier alpha value is -1.49. The number of aliphatic hydroxyl groups is 1. The summed E-state index contributed by atoms with van der Waals surface area (Å²) in [5, 5.41) is 13.5.